The number of nitrogens with one attached hydrogen (secondary N) is 2. The van der Waals surface area contributed by atoms with Crippen molar-refractivity contribution in [2.45, 2.75) is 12.8 Å². The van der Waals surface area contributed by atoms with Crippen molar-refractivity contribution in [2.24, 2.45) is 0 Å². The second-order valence-electron chi connectivity index (χ2n) is 7.50. The topological polar surface area (TPSA) is 92.0 Å². The molecule has 8 heteroatoms. The van der Waals surface area contributed by atoms with E-state index < -0.39 is 0 Å². The molecule has 1 saturated heterocycles. The van der Waals surface area contributed by atoms with Gasteiger partial charge in [0.25, 0.3) is 5.91 Å². The zero-order chi connectivity index (χ0) is 21.8. The van der Waals surface area contributed by atoms with Crippen molar-refractivity contribution >= 4 is 17.5 Å². The molecule has 1 unspecified atom stereocenters. The molecule has 8 nitrogen and oxygen atoms in total. The van der Waals surface area contributed by atoms with E-state index in [9.17, 15) is 4.79 Å². The second kappa shape index (κ2) is 8.99. The van der Waals surface area contributed by atoms with Crippen molar-refractivity contribution < 1.29 is 9.53 Å². The summed E-state index contributed by atoms with van der Waals surface area (Å²) < 4.78 is 5.52. The normalized spacial score (nSPS) is 13.5. The first-order valence-electron chi connectivity index (χ1n) is 10.3. The average Bonchev–Trinajstić information content (AvgIpc) is 3.67. The van der Waals surface area contributed by atoms with Gasteiger partial charge in [0.1, 0.15) is 23.7 Å². The van der Waals surface area contributed by atoms with Crippen LogP contribution < -0.4 is 20.3 Å². The number of aromatic nitrogens is 3. The van der Waals surface area contributed by atoms with E-state index in [1.165, 1.54) is 0 Å². The Morgan fingerprint density at radius 3 is 2.68 bits per heavy atom. The Balaban J connectivity index is 1.44. The highest BCUT2D eigenvalue weighted by Crippen LogP contribution is 2.28. The third-order valence-electron chi connectivity index (χ3n) is 5.32. The first kappa shape index (κ1) is 20.6. The van der Waals surface area contributed by atoms with Crippen LogP contribution in [0.25, 0.3) is 11.3 Å². The van der Waals surface area contributed by atoms with Gasteiger partial charge < -0.3 is 20.3 Å². The number of hydrogen-bond donors (Lipinski definition) is 2. The molecule has 0 bridgehead atoms. The molecule has 1 aliphatic rings. The molecule has 0 aliphatic carbocycles. The fraction of sp³-hybridized carbons (Fsp3) is 0.304. The van der Waals surface area contributed by atoms with E-state index in [0.717, 1.165) is 41.5 Å². The van der Waals surface area contributed by atoms with Crippen molar-refractivity contribution in [3.63, 3.8) is 0 Å². The molecule has 3 aromatic rings. The lowest BCUT2D eigenvalue weighted by Gasteiger charge is -2.17. The van der Waals surface area contributed by atoms with Crippen LogP contribution in [-0.2, 0) is 0 Å². The molecule has 160 valence electrons. The summed E-state index contributed by atoms with van der Waals surface area (Å²) in [5.41, 5.74) is 3.37. The molecule has 1 amide bonds. The summed E-state index contributed by atoms with van der Waals surface area (Å²) in [6, 6.07) is 11.5. The summed E-state index contributed by atoms with van der Waals surface area (Å²) in [6.45, 7) is 4.90. The first-order chi connectivity index (χ1) is 15.1. The predicted octanol–water partition coefficient (Wildman–Crippen LogP) is 2.94. The van der Waals surface area contributed by atoms with Gasteiger partial charge in [-0.1, -0.05) is 13.0 Å². The van der Waals surface area contributed by atoms with Crippen LogP contribution in [0.15, 0.2) is 48.9 Å². The largest absolute Gasteiger partial charge is 0.496 e. The Morgan fingerprint density at radius 1 is 1.16 bits per heavy atom. The van der Waals surface area contributed by atoms with Crippen molar-refractivity contribution in [2.75, 3.05) is 44.0 Å². The zero-order valence-corrected chi connectivity index (χ0v) is 17.9. The zero-order valence-electron chi connectivity index (χ0n) is 17.9. The van der Waals surface area contributed by atoms with Gasteiger partial charge in [-0.05, 0) is 29.8 Å². The minimum Gasteiger partial charge on any atom is -0.496 e. The Morgan fingerprint density at radius 2 is 2.00 bits per heavy atom. The van der Waals surface area contributed by atoms with E-state index in [1.54, 1.807) is 26.6 Å². The van der Waals surface area contributed by atoms with E-state index in [1.807, 2.05) is 36.5 Å². The maximum Gasteiger partial charge on any atom is 0.251 e. The number of methoxy groups -OCH3 is 1. The fourth-order valence-electron chi connectivity index (χ4n) is 3.39. The van der Waals surface area contributed by atoms with Crippen LogP contribution >= 0.6 is 0 Å². The fourth-order valence-corrected chi connectivity index (χ4v) is 3.39. The van der Waals surface area contributed by atoms with Gasteiger partial charge in [0.15, 0.2) is 0 Å². The highest BCUT2D eigenvalue weighted by atomic mass is 16.5. The number of rotatable bonds is 8. The number of hydrogen-bond acceptors (Lipinski definition) is 7. The van der Waals surface area contributed by atoms with Gasteiger partial charge in [-0.25, -0.2) is 15.0 Å². The van der Waals surface area contributed by atoms with Gasteiger partial charge in [0, 0.05) is 56.0 Å². The molecule has 1 aromatic carbocycles. The molecule has 1 atom stereocenters. The molecule has 0 radical (unpaired) electrons. The van der Waals surface area contributed by atoms with E-state index in [0.29, 0.717) is 17.9 Å². The van der Waals surface area contributed by atoms with Crippen molar-refractivity contribution in [1.29, 1.82) is 0 Å². The molecule has 0 saturated carbocycles. The van der Waals surface area contributed by atoms with Crippen molar-refractivity contribution in [3.05, 3.63) is 60.0 Å². The number of nitrogens with zero attached hydrogens (tertiary/aromatic N) is 4. The SMILES string of the molecule is CNC(=O)c1ccc(C(C)CNc2cc(-c3ccc(N4CC4)nc3)ncn2)c(OC)c1. The standard InChI is InChI=1S/C23H26N6O2/c1-15(18-6-4-16(23(30)24-2)10-20(18)31-3)12-25-21-11-19(27-14-28-21)17-5-7-22(26-13-17)29-8-9-29/h4-7,10-11,13-15H,8-9,12H2,1-3H3,(H,24,30)(H,25,27,28). The molecule has 4 rings (SSSR count). The number of carbonyl (C=O) groups excluding carboxylic acids is 1. The lowest BCUT2D eigenvalue weighted by Crippen LogP contribution is -2.18. The minimum atomic E-state index is -0.138. The van der Waals surface area contributed by atoms with E-state index in [-0.39, 0.29) is 11.8 Å². The molecule has 31 heavy (non-hydrogen) atoms. The second-order valence-corrected chi connectivity index (χ2v) is 7.50. The summed E-state index contributed by atoms with van der Waals surface area (Å²) in [6.07, 6.45) is 3.40. The van der Waals surface area contributed by atoms with Crippen LogP contribution in [-0.4, -0.2) is 54.7 Å². The quantitative estimate of drug-likeness (QED) is 0.544. The van der Waals surface area contributed by atoms with Gasteiger partial charge in [-0.3, -0.25) is 4.79 Å². The molecule has 2 aromatic heterocycles. The summed E-state index contributed by atoms with van der Waals surface area (Å²) in [5, 5.41) is 6.01. The Hall–Kier alpha value is -3.68. The summed E-state index contributed by atoms with van der Waals surface area (Å²) >= 11 is 0. The van der Waals surface area contributed by atoms with Crippen LogP contribution in [0, 0.1) is 0 Å². The van der Waals surface area contributed by atoms with Crippen molar-refractivity contribution in [1.82, 2.24) is 20.3 Å². The number of pyridine rings is 1. The molecule has 0 spiro atoms. The number of carbonyl (C=O) groups is 1. The van der Waals surface area contributed by atoms with Crippen LogP contribution in [0.5, 0.6) is 5.75 Å². The monoisotopic (exact) mass is 418 g/mol. The highest BCUT2D eigenvalue weighted by Gasteiger charge is 2.19. The van der Waals surface area contributed by atoms with Crippen LogP contribution in [0.1, 0.15) is 28.8 Å². The third-order valence-corrected chi connectivity index (χ3v) is 5.32. The lowest BCUT2D eigenvalue weighted by atomic mass is 9.98. The Kier molecular flexibility index (Phi) is 5.97. The number of amides is 1. The van der Waals surface area contributed by atoms with Crippen LogP contribution in [0.2, 0.25) is 0 Å². The van der Waals surface area contributed by atoms with E-state index in [2.05, 4.69) is 37.4 Å². The number of anilines is 2. The summed E-state index contributed by atoms with van der Waals surface area (Å²) in [4.78, 5) is 27.3. The minimum absolute atomic E-state index is 0.138. The molecular formula is C23H26N6O2. The number of benzene rings is 1. The van der Waals surface area contributed by atoms with Crippen LogP contribution in [0.3, 0.4) is 0 Å². The van der Waals surface area contributed by atoms with Gasteiger partial charge in [-0.15, -0.1) is 0 Å². The molecular weight excluding hydrogens is 392 g/mol. The smallest absolute Gasteiger partial charge is 0.251 e. The van der Waals surface area contributed by atoms with E-state index >= 15 is 0 Å². The Bertz CT molecular complexity index is 1070. The third kappa shape index (κ3) is 4.74. The average molecular weight is 419 g/mol. The van der Waals surface area contributed by atoms with Gasteiger partial charge in [-0.2, -0.15) is 0 Å². The van der Waals surface area contributed by atoms with Gasteiger partial charge in [0.2, 0.25) is 0 Å². The van der Waals surface area contributed by atoms with Gasteiger partial charge in [0.05, 0.1) is 12.8 Å². The molecule has 3 heterocycles. The predicted molar refractivity (Wildman–Crippen MR) is 121 cm³/mol. The van der Waals surface area contributed by atoms with Crippen LogP contribution in [0.4, 0.5) is 11.6 Å². The van der Waals surface area contributed by atoms with Crippen molar-refractivity contribution in [3.8, 4) is 17.0 Å². The van der Waals surface area contributed by atoms with Gasteiger partial charge >= 0.3 is 0 Å². The molecule has 1 fully saturated rings. The number of ether oxygens (including phenoxy) is 1. The Labute approximate surface area is 181 Å². The maximum absolute atomic E-state index is 11.9. The maximum atomic E-state index is 11.9. The summed E-state index contributed by atoms with van der Waals surface area (Å²) in [5.74, 6) is 2.44. The highest BCUT2D eigenvalue weighted by molar-refractivity contribution is 5.94. The first-order valence-corrected chi connectivity index (χ1v) is 10.3. The molecule has 1 aliphatic heterocycles. The van der Waals surface area contributed by atoms with E-state index in [4.69, 9.17) is 4.74 Å². The summed E-state index contributed by atoms with van der Waals surface area (Å²) in [7, 11) is 3.23. The molecule has 2 N–H and O–H groups in total. The lowest BCUT2D eigenvalue weighted by molar-refractivity contribution is 0.0962.